The highest BCUT2D eigenvalue weighted by Gasteiger charge is 2.31. The highest BCUT2D eigenvalue weighted by atomic mass is 35.5. The van der Waals surface area contributed by atoms with Crippen LogP contribution in [0.2, 0.25) is 5.02 Å². The smallest absolute Gasteiger partial charge is 0.244 e. The van der Waals surface area contributed by atoms with E-state index in [0.717, 1.165) is 11.1 Å². The van der Waals surface area contributed by atoms with E-state index in [2.05, 4.69) is 15.5 Å². The molecule has 3 rings (SSSR count). The second kappa shape index (κ2) is 6.77. The van der Waals surface area contributed by atoms with Gasteiger partial charge in [-0.2, -0.15) is 5.10 Å². The second-order valence-corrected chi connectivity index (χ2v) is 6.07. The largest absolute Gasteiger partial charge is 0.302 e. The van der Waals surface area contributed by atoms with Crippen LogP contribution in [0, 0.1) is 0 Å². The summed E-state index contributed by atoms with van der Waals surface area (Å²) in [7, 11) is 0. The van der Waals surface area contributed by atoms with Gasteiger partial charge in [0.25, 0.3) is 0 Å². The molecule has 4 nitrogen and oxygen atoms in total. The average Bonchev–Trinajstić information content (AvgIpc) is 2.91. The maximum atomic E-state index is 12.0. The van der Waals surface area contributed by atoms with Gasteiger partial charge in [-0.15, -0.1) is 5.10 Å². The average molecular weight is 330 g/mol. The first-order chi connectivity index (χ1) is 10.7. The molecule has 2 aromatic carbocycles. The van der Waals surface area contributed by atoms with Crippen LogP contribution >= 0.6 is 23.4 Å². The molecule has 1 saturated heterocycles. The predicted octanol–water partition coefficient (Wildman–Crippen LogP) is 3.63. The van der Waals surface area contributed by atoms with Crippen LogP contribution in [-0.2, 0) is 4.79 Å². The number of amidine groups is 1. The Hall–Kier alpha value is -2.11. The van der Waals surface area contributed by atoms with Crippen LogP contribution in [0.3, 0.4) is 0 Å². The molecule has 1 aliphatic rings. The summed E-state index contributed by atoms with van der Waals surface area (Å²) in [6, 6.07) is 16.9. The third kappa shape index (κ3) is 3.37. The molecule has 22 heavy (non-hydrogen) atoms. The fraction of sp³-hybridized carbons (Fsp3) is 0.0625. The van der Waals surface area contributed by atoms with Crippen molar-refractivity contribution in [2.24, 2.45) is 10.2 Å². The van der Waals surface area contributed by atoms with E-state index in [1.54, 1.807) is 12.3 Å². The zero-order chi connectivity index (χ0) is 15.4. The van der Waals surface area contributed by atoms with E-state index in [9.17, 15) is 4.79 Å². The monoisotopic (exact) mass is 329 g/mol. The fourth-order valence-electron chi connectivity index (χ4n) is 1.98. The molecule has 1 N–H and O–H groups in total. The van der Waals surface area contributed by atoms with Crippen LogP contribution in [0.25, 0.3) is 0 Å². The molecule has 0 aliphatic carbocycles. The van der Waals surface area contributed by atoms with Gasteiger partial charge in [-0.1, -0.05) is 71.9 Å². The van der Waals surface area contributed by atoms with Gasteiger partial charge in [-0.3, -0.25) is 4.79 Å². The molecule has 110 valence electrons. The van der Waals surface area contributed by atoms with Gasteiger partial charge >= 0.3 is 0 Å². The first-order valence-corrected chi connectivity index (χ1v) is 7.88. The molecular weight excluding hydrogens is 318 g/mol. The number of hydrogen-bond acceptors (Lipinski definition) is 4. The minimum atomic E-state index is -0.282. The number of nitrogens with zero attached hydrogens (tertiary/aromatic N) is 2. The lowest BCUT2D eigenvalue weighted by molar-refractivity contribution is -0.118. The maximum absolute atomic E-state index is 12.0. The Labute approximate surface area is 137 Å². The van der Waals surface area contributed by atoms with E-state index in [1.807, 2.05) is 48.5 Å². The number of carbonyl (C=O) groups excluding carboxylic acids is 1. The van der Waals surface area contributed by atoms with Gasteiger partial charge in [0.15, 0.2) is 5.17 Å². The fourth-order valence-corrected chi connectivity index (χ4v) is 3.11. The number of carbonyl (C=O) groups is 1. The quantitative estimate of drug-likeness (QED) is 0.690. The Bertz CT molecular complexity index is 746. The normalized spacial score (nSPS) is 19.8. The number of hydrogen-bond donors (Lipinski definition) is 1. The van der Waals surface area contributed by atoms with E-state index in [0.29, 0.717) is 10.2 Å². The van der Waals surface area contributed by atoms with Crippen molar-refractivity contribution in [2.45, 2.75) is 5.25 Å². The minimum Gasteiger partial charge on any atom is -0.302 e. The van der Waals surface area contributed by atoms with E-state index >= 15 is 0 Å². The summed E-state index contributed by atoms with van der Waals surface area (Å²) < 4.78 is 0. The molecule has 0 bridgehead atoms. The summed E-state index contributed by atoms with van der Waals surface area (Å²) in [4.78, 5) is 12.0. The van der Waals surface area contributed by atoms with Crippen molar-refractivity contribution in [3.8, 4) is 0 Å². The summed E-state index contributed by atoms with van der Waals surface area (Å²) >= 11 is 7.39. The Kier molecular flexibility index (Phi) is 4.56. The van der Waals surface area contributed by atoms with Crippen molar-refractivity contribution in [1.29, 1.82) is 0 Å². The molecule has 0 unspecified atom stereocenters. The molecule has 0 aromatic heterocycles. The molecule has 2 aromatic rings. The van der Waals surface area contributed by atoms with Crippen LogP contribution in [0.4, 0.5) is 0 Å². The Morgan fingerprint density at radius 2 is 1.82 bits per heavy atom. The van der Waals surface area contributed by atoms with Gasteiger partial charge in [0.05, 0.1) is 6.21 Å². The third-order valence-corrected chi connectivity index (χ3v) is 4.52. The summed E-state index contributed by atoms with van der Waals surface area (Å²) in [5.41, 5.74) is 1.73. The highest BCUT2D eigenvalue weighted by Crippen LogP contribution is 2.34. The SMILES string of the molecule is O=C1N/C(=N\N=C/c2ccccc2Cl)S[C@@H]1c1ccccc1. The van der Waals surface area contributed by atoms with E-state index in [-0.39, 0.29) is 11.2 Å². The van der Waals surface area contributed by atoms with E-state index in [4.69, 9.17) is 11.6 Å². The van der Waals surface area contributed by atoms with Gasteiger partial charge < -0.3 is 5.32 Å². The molecule has 0 saturated carbocycles. The van der Waals surface area contributed by atoms with Crippen molar-refractivity contribution in [2.75, 3.05) is 0 Å². The van der Waals surface area contributed by atoms with E-state index in [1.165, 1.54) is 11.8 Å². The van der Waals surface area contributed by atoms with Gasteiger partial charge in [0, 0.05) is 10.6 Å². The molecule has 0 radical (unpaired) electrons. The number of rotatable bonds is 3. The van der Waals surface area contributed by atoms with Gasteiger partial charge in [-0.25, -0.2) is 0 Å². The molecule has 0 spiro atoms. The molecular formula is C16H12ClN3OS. The number of nitrogens with one attached hydrogen (secondary N) is 1. The summed E-state index contributed by atoms with van der Waals surface area (Å²) in [6.07, 6.45) is 1.57. The van der Waals surface area contributed by atoms with E-state index < -0.39 is 0 Å². The molecule has 6 heteroatoms. The Morgan fingerprint density at radius 3 is 2.59 bits per heavy atom. The first-order valence-electron chi connectivity index (χ1n) is 6.62. The van der Waals surface area contributed by atoms with Crippen LogP contribution in [-0.4, -0.2) is 17.3 Å². The number of benzene rings is 2. The molecule has 1 fully saturated rings. The lowest BCUT2D eigenvalue weighted by atomic mass is 10.1. The standard InChI is InChI=1S/C16H12ClN3OS/c17-13-9-5-4-8-12(13)10-18-20-16-19-15(21)14(22-16)11-6-2-1-3-7-11/h1-10,14H,(H,19,20,21)/b18-10-/t14-/m1/s1. The molecule has 1 heterocycles. The number of halogens is 1. The lowest BCUT2D eigenvalue weighted by Crippen LogP contribution is -2.21. The summed E-state index contributed by atoms with van der Waals surface area (Å²) in [5, 5.41) is 11.6. The van der Waals surface area contributed by atoms with Gasteiger partial charge in [0.2, 0.25) is 5.91 Å². The van der Waals surface area contributed by atoms with Crippen LogP contribution in [0.1, 0.15) is 16.4 Å². The van der Waals surface area contributed by atoms with Gasteiger partial charge in [-0.05, 0) is 11.6 Å². The molecule has 1 amide bonds. The lowest BCUT2D eigenvalue weighted by Gasteiger charge is -2.03. The molecule has 1 atom stereocenters. The van der Waals surface area contributed by atoms with Crippen LogP contribution in [0.15, 0.2) is 64.8 Å². The topological polar surface area (TPSA) is 53.8 Å². The van der Waals surface area contributed by atoms with Crippen LogP contribution < -0.4 is 5.32 Å². The Morgan fingerprint density at radius 1 is 1.09 bits per heavy atom. The van der Waals surface area contributed by atoms with Crippen molar-refractivity contribution in [1.82, 2.24) is 5.32 Å². The second-order valence-electron chi connectivity index (χ2n) is 4.57. The maximum Gasteiger partial charge on any atom is 0.244 e. The van der Waals surface area contributed by atoms with Crippen molar-refractivity contribution < 1.29 is 4.79 Å². The zero-order valence-corrected chi connectivity index (χ0v) is 13.0. The van der Waals surface area contributed by atoms with Crippen molar-refractivity contribution in [3.05, 3.63) is 70.7 Å². The third-order valence-electron chi connectivity index (χ3n) is 3.05. The number of thioether (sulfide) groups is 1. The Balaban J connectivity index is 1.72. The predicted molar refractivity (Wildman–Crippen MR) is 91.4 cm³/mol. The van der Waals surface area contributed by atoms with Crippen molar-refractivity contribution >= 4 is 40.7 Å². The number of amides is 1. The van der Waals surface area contributed by atoms with Gasteiger partial charge in [0.1, 0.15) is 5.25 Å². The van der Waals surface area contributed by atoms with Crippen LogP contribution in [0.5, 0.6) is 0 Å². The first kappa shape index (κ1) is 14.8. The minimum absolute atomic E-state index is 0.0807. The molecule has 1 aliphatic heterocycles. The van der Waals surface area contributed by atoms with Crippen molar-refractivity contribution in [3.63, 3.8) is 0 Å². The zero-order valence-electron chi connectivity index (χ0n) is 11.4. The summed E-state index contributed by atoms with van der Waals surface area (Å²) in [5.74, 6) is -0.0807. The highest BCUT2D eigenvalue weighted by molar-refractivity contribution is 8.15. The summed E-state index contributed by atoms with van der Waals surface area (Å²) in [6.45, 7) is 0.